The number of hydrogen-bond acceptors (Lipinski definition) is 6. The first-order valence-electron chi connectivity index (χ1n) is 12.0. The second-order valence-corrected chi connectivity index (χ2v) is 9.31. The Morgan fingerprint density at radius 1 is 0.944 bits per heavy atom. The van der Waals surface area contributed by atoms with Crippen LogP contribution in [0.15, 0.2) is 77.9 Å². The van der Waals surface area contributed by atoms with E-state index >= 15 is 0 Å². The lowest BCUT2D eigenvalue weighted by Gasteiger charge is -2.36. The van der Waals surface area contributed by atoms with Crippen LogP contribution in [0.5, 0.6) is 0 Å². The van der Waals surface area contributed by atoms with E-state index in [1.165, 1.54) is 6.20 Å². The lowest BCUT2D eigenvalue weighted by Crippen LogP contribution is -2.46. The maximum absolute atomic E-state index is 13.0. The molecular weight excluding hydrogens is 454 g/mol. The van der Waals surface area contributed by atoms with Gasteiger partial charge in [-0.1, -0.05) is 18.2 Å². The number of carboxylic acids is 1. The molecule has 1 N–H and O–H groups in total. The fourth-order valence-corrected chi connectivity index (χ4v) is 4.74. The molecule has 0 amide bonds. The van der Waals surface area contributed by atoms with Crippen LogP contribution in [0.25, 0.3) is 16.6 Å². The number of benzene rings is 2. The molecule has 184 valence electrons. The number of hydrogen-bond donors (Lipinski definition) is 1. The van der Waals surface area contributed by atoms with Crippen molar-refractivity contribution in [3.05, 3.63) is 94.4 Å². The molecule has 1 saturated heterocycles. The zero-order chi connectivity index (χ0) is 25.2. The fraction of sp³-hybridized carbons (Fsp3) is 0.250. The number of pyridine rings is 2. The Labute approximate surface area is 209 Å². The van der Waals surface area contributed by atoms with E-state index in [0.717, 1.165) is 55.5 Å². The van der Waals surface area contributed by atoms with E-state index < -0.39 is 11.4 Å². The maximum atomic E-state index is 13.0. The van der Waals surface area contributed by atoms with Gasteiger partial charge in [0, 0.05) is 61.9 Å². The number of anilines is 2. The van der Waals surface area contributed by atoms with Crippen LogP contribution in [0, 0.1) is 0 Å². The van der Waals surface area contributed by atoms with E-state index in [1.54, 1.807) is 6.07 Å². The Morgan fingerprint density at radius 2 is 1.64 bits per heavy atom. The molecule has 0 atom stereocenters. The molecule has 0 radical (unpaired) electrons. The number of nitrogens with zero attached hydrogens (tertiary/aromatic N) is 5. The van der Waals surface area contributed by atoms with Crippen LogP contribution in [0.2, 0.25) is 0 Å². The Balaban J connectivity index is 1.51. The fourth-order valence-electron chi connectivity index (χ4n) is 4.74. The minimum atomic E-state index is -1.23. The predicted molar refractivity (Wildman–Crippen MR) is 143 cm³/mol. The maximum Gasteiger partial charge on any atom is 0.341 e. The van der Waals surface area contributed by atoms with E-state index in [-0.39, 0.29) is 5.56 Å². The summed E-state index contributed by atoms with van der Waals surface area (Å²) in [6.07, 6.45) is 3.25. The first-order chi connectivity index (χ1) is 17.4. The van der Waals surface area contributed by atoms with Crippen molar-refractivity contribution in [2.45, 2.75) is 6.54 Å². The van der Waals surface area contributed by atoms with Crippen molar-refractivity contribution in [1.82, 2.24) is 14.5 Å². The summed E-state index contributed by atoms with van der Waals surface area (Å²) in [5.74, 6) is -0.252. The van der Waals surface area contributed by atoms with Crippen LogP contribution in [0.3, 0.4) is 0 Å². The monoisotopic (exact) mass is 483 g/mol. The second-order valence-electron chi connectivity index (χ2n) is 9.31. The van der Waals surface area contributed by atoms with Gasteiger partial charge in [-0.2, -0.15) is 0 Å². The average Bonchev–Trinajstić information content (AvgIpc) is 2.89. The smallest absolute Gasteiger partial charge is 0.341 e. The highest BCUT2D eigenvalue weighted by Gasteiger charge is 2.20. The number of carboxylic acid groups (broad SMARTS) is 1. The molecule has 36 heavy (non-hydrogen) atoms. The number of aromatic nitrogens is 2. The third-order valence-corrected chi connectivity index (χ3v) is 6.55. The number of piperazine rings is 1. The highest BCUT2D eigenvalue weighted by Crippen LogP contribution is 2.26. The Bertz CT molecular complexity index is 1440. The molecule has 2 aromatic heterocycles. The number of aromatic carboxylic acids is 1. The lowest BCUT2D eigenvalue weighted by molar-refractivity contribution is 0.0695. The zero-order valence-corrected chi connectivity index (χ0v) is 20.5. The summed E-state index contributed by atoms with van der Waals surface area (Å²) in [5.41, 5.74) is 2.95. The molecule has 0 unspecified atom stereocenters. The van der Waals surface area contributed by atoms with E-state index in [9.17, 15) is 14.7 Å². The van der Waals surface area contributed by atoms with E-state index in [0.29, 0.717) is 10.9 Å². The average molecular weight is 484 g/mol. The Morgan fingerprint density at radius 3 is 2.28 bits per heavy atom. The normalized spacial score (nSPS) is 14.0. The summed E-state index contributed by atoms with van der Waals surface area (Å²) in [5, 5.41) is 10.1. The minimum absolute atomic E-state index is 0.239. The van der Waals surface area contributed by atoms with Gasteiger partial charge in [-0.05, 0) is 62.1 Å². The molecule has 8 nitrogen and oxygen atoms in total. The molecule has 3 heterocycles. The van der Waals surface area contributed by atoms with Crippen LogP contribution in [0.4, 0.5) is 11.5 Å². The van der Waals surface area contributed by atoms with Gasteiger partial charge in [0.2, 0.25) is 5.43 Å². The van der Waals surface area contributed by atoms with Gasteiger partial charge in [0.25, 0.3) is 0 Å². The molecule has 8 heteroatoms. The first-order valence-corrected chi connectivity index (χ1v) is 12.0. The molecule has 1 fully saturated rings. The molecule has 0 saturated carbocycles. The SMILES string of the molecule is CN(C)Cc1ccc(-n2cc(C(=O)O)c(=O)c3ccc(N4CCN(c5ccccn5)CC4)cc32)cc1. The third kappa shape index (κ3) is 4.67. The van der Waals surface area contributed by atoms with Crippen molar-refractivity contribution in [3.63, 3.8) is 0 Å². The standard InChI is InChI=1S/C28H29N5O3/c1-30(2)18-20-6-8-21(9-7-20)33-19-24(28(35)36)27(34)23-11-10-22(17-25(23)33)31-13-15-32(16-14-31)26-5-3-4-12-29-26/h3-12,17,19H,13-16,18H2,1-2H3,(H,35,36). The summed E-state index contributed by atoms with van der Waals surface area (Å²) in [6.45, 7) is 4.12. The van der Waals surface area contributed by atoms with Crippen molar-refractivity contribution in [3.8, 4) is 5.69 Å². The molecule has 2 aromatic carbocycles. The van der Waals surface area contributed by atoms with Gasteiger partial charge in [-0.3, -0.25) is 4.79 Å². The number of fused-ring (bicyclic) bond motifs is 1. The summed E-state index contributed by atoms with van der Waals surface area (Å²) in [7, 11) is 4.03. The third-order valence-electron chi connectivity index (χ3n) is 6.55. The van der Waals surface area contributed by atoms with Crippen LogP contribution >= 0.6 is 0 Å². The summed E-state index contributed by atoms with van der Waals surface area (Å²) < 4.78 is 1.81. The summed E-state index contributed by atoms with van der Waals surface area (Å²) in [4.78, 5) is 35.9. The van der Waals surface area contributed by atoms with Crippen molar-refractivity contribution in [2.24, 2.45) is 0 Å². The largest absolute Gasteiger partial charge is 0.477 e. The quantitative estimate of drug-likeness (QED) is 0.450. The topological polar surface area (TPSA) is 81.9 Å². The minimum Gasteiger partial charge on any atom is -0.477 e. The predicted octanol–water partition coefficient (Wildman–Crippen LogP) is 3.47. The number of rotatable bonds is 6. The van der Waals surface area contributed by atoms with Gasteiger partial charge in [0.05, 0.1) is 5.52 Å². The van der Waals surface area contributed by atoms with Gasteiger partial charge < -0.3 is 24.4 Å². The molecule has 0 aliphatic carbocycles. The van der Waals surface area contributed by atoms with Crippen LogP contribution < -0.4 is 15.2 Å². The molecule has 1 aliphatic rings. The molecule has 1 aliphatic heterocycles. The van der Waals surface area contributed by atoms with E-state index in [1.807, 2.05) is 79.5 Å². The van der Waals surface area contributed by atoms with Crippen molar-refractivity contribution in [1.29, 1.82) is 0 Å². The summed E-state index contributed by atoms with van der Waals surface area (Å²) >= 11 is 0. The Hall–Kier alpha value is -4.17. The van der Waals surface area contributed by atoms with E-state index in [4.69, 9.17) is 0 Å². The highest BCUT2D eigenvalue weighted by atomic mass is 16.4. The first kappa shape index (κ1) is 23.6. The van der Waals surface area contributed by atoms with Crippen molar-refractivity contribution >= 4 is 28.4 Å². The van der Waals surface area contributed by atoms with Crippen molar-refractivity contribution < 1.29 is 9.90 Å². The van der Waals surface area contributed by atoms with Gasteiger partial charge in [-0.15, -0.1) is 0 Å². The molecule has 4 aromatic rings. The van der Waals surface area contributed by atoms with Crippen molar-refractivity contribution in [2.75, 3.05) is 50.1 Å². The molecular formula is C28H29N5O3. The molecule has 0 spiro atoms. The van der Waals surface area contributed by atoms with Gasteiger partial charge in [-0.25, -0.2) is 9.78 Å². The van der Waals surface area contributed by atoms with Crippen LogP contribution in [0.1, 0.15) is 15.9 Å². The molecule has 0 bridgehead atoms. The second kappa shape index (κ2) is 9.83. The summed E-state index contributed by atoms with van der Waals surface area (Å²) in [6, 6.07) is 19.6. The Kier molecular flexibility index (Phi) is 6.43. The van der Waals surface area contributed by atoms with Crippen LogP contribution in [-0.2, 0) is 6.54 Å². The zero-order valence-electron chi connectivity index (χ0n) is 20.5. The van der Waals surface area contributed by atoms with Gasteiger partial charge in [0.15, 0.2) is 0 Å². The van der Waals surface area contributed by atoms with Crippen LogP contribution in [-0.4, -0.2) is 65.8 Å². The number of carbonyl (C=O) groups is 1. The lowest BCUT2D eigenvalue weighted by atomic mass is 10.1. The van der Waals surface area contributed by atoms with Gasteiger partial charge in [0.1, 0.15) is 11.4 Å². The van der Waals surface area contributed by atoms with E-state index in [2.05, 4.69) is 19.7 Å². The molecule has 5 rings (SSSR count). The highest BCUT2D eigenvalue weighted by molar-refractivity contribution is 5.94. The van der Waals surface area contributed by atoms with Gasteiger partial charge >= 0.3 is 5.97 Å².